The molecule has 0 saturated heterocycles. The van der Waals surface area contributed by atoms with Crippen LogP contribution >= 0.6 is 0 Å². The molecule has 0 fully saturated rings. The van der Waals surface area contributed by atoms with Gasteiger partial charge in [0.25, 0.3) is 0 Å². The van der Waals surface area contributed by atoms with E-state index in [2.05, 4.69) is 5.32 Å². The quantitative estimate of drug-likeness (QED) is 0.322. The van der Waals surface area contributed by atoms with Gasteiger partial charge in [0.2, 0.25) is 11.8 Å². The molecule has 0 aliphatic heterocycles. The first-order valence-electron chi connectivity index (χ1n) is 8.18. The molecule has 0 aliphatic rings. The number of nitrogens with two attached hydrogens (primary N) is 1. The highest BCUT2D eigenvalue weighted by molar-refractivity contribution is 5.93. The van der Waals surface area contributed by atoms with E-state index in [0.29, 0.717) is 18.5 Å². The van der Waals surface area contributed by atoms with E-state index < -0.39 is 12.5 Å². The van der Waals surface area contributed by atoms with Gasteiger partial charge in [-0.25, -0.2) is 0 Å². The van der Waals surface area contributed by atoms with Crippen LogP contribution in [0.25, 0.3) is 6.08 Å². The van der Waals surface area contributed by atoms with Gasteiger partial charge >= 0.3 is 0 Å². The van der Waals surface area contributed by atoms with Crippen molar-refractivity contribution in [2.75, 3.05) is 13.2 Å². The number of carbonyl (C=O) groups is 3. The van der Waals surface area contributed by atoms with Crippen LogP contribution in [-0.2, 0) is 9.59 Å². The van der Waals surface area contributed by atoms with Crippen molar-refractivity contribution in [1.82, 2.24) is 5.32 Å². The molecule has 0 unspecified atom stereocenters. The SMILES string of the molecule is NC(=O)c1cccc(/C=C/C=C/C(=O)NCCCCCC(=O)CO)c1. The summed E-state index contributed by atoms with van der Waals surface area (Å²) >= 11 is 0. The maximum atomic E-state index is 11.6. The lowest BCUT2D eigenvalue weighted by Crippen LogP contribution is -2.22. The standard InChI is InChI=1S/C19H24N2O4/c20-19(25)16-9-6-8-15(13-16)7-3-4-11-18(24)21-12-5-1-2-10-17(23)14-22/h3-4,6-9,11,13,22H,1-2,5,10,12,14H2,(H2,20,25)(H,21,24)/b7-3+,11-4+. The van der Waals surface area contributed by atoms with E-state index in [1.165, 1.54) is 6.08 Å². The molecule has 1 aromatic carbocycles. The fourth-order valence-corrected chi connectivity index (χ4v) is 2.08. The van der Waals surface area contributed by atoms with Gasteiger partial charge in [-0.1, -0.05) is 36.8 Å². The Balaban J connectivity index is 2.25. The number of rotatable bonds is 11. The fraction of sp³-hybridized carbons (Fsp3) is 0.316. The molecule has 134 valence electrons. The van der Waals surface area contributed by atoms with Crippen LogP contribution in [0.1, 0.15) is 41.6 Å². The second kappa shape index (κ2) is 11.8. The molecule has 25 heavy (non-hydrogen) atoms. The highest BCUT2D eigenvalue weighted by atomic mass is 16.3. The van der Waals surface area contributed by atoms with E-state index in [-0.39, 0.29) is 11.7 Å². The Kier molecular flexibility index (Phi) is 9.55. The highest BCUT2D eigenvalue weighted by Gasteiger charge is 2.00. The molecule has 1 rings (SSSR count). The number of Topliss-reactive ketones (excluding diaryl/α,β-unsaturated/α-hetero) is 1. The van der Waals surface area contributed by atoms with Crippen molar-refractivity contribution in [1.29, 1.82) is 0 Å². The second-order valence-electron chi connectivity index (χ2n) is 5.51. The van der Waals surface area contributed by atoms with Gasteiger partial charge in [0.05, 0.1) is 0 Å². The van der Waals surface area contributed by atoms with Crippen LogP contribution in [0.15, 0.2) is 42.5 Å². The van der Waals surface area contributed by atoms with Crippen molar-refractivity contribution < 1.29 is 19.5 Å². The molecule has 0 spiro atoms. The summed E-state index contributed by atoms with van der Waals surface area (Å²) in [7, 11) is 0. The minimum atomic E-state index is -0.481. The first-order chi connectivity index (χ1) is 12.0. The molecule has 0 bridgehead atoms. The summed E-state index contributed by atoms with van der Waals surface area (Å²) in [6.45, 7) is 0.142. The average molecular weight is 344 g/mol. The minimum Gasteiger partial charge on any atom is -0.389 e. The molecule has 2 amide bonds. The van der Waals surface area contributed by atoms with Crippen molar-refractivity contribution in [3.05, 3.63) is 53.6 Å². The molecule has 1 aromatic rings. The van der Waals surface area contributed by atoms with Gasteiger partial charge < -0.3 is 16.2 Å². The summed E-state index contributed by atoms with van der Waals surface area (Å²) < 4.78 is 0. The number of amides is 2. The second-order valence-corrected chi connectivity index (χ2v) is 5.51. The molecule has 0 aliphatic carbocycles. The highest BCUT2D eigenvalue weighted by Crippen LogP contribution is 2.06. The van der Waals surface area contributed by atoms with Crippen LogP contribution in [0, 0.1) is 0 Å². The van der Waals surface area contributed by atoms with Crippen molar-refractivity contribution in [2.45, 2.75) is 25.7 Å². The first-order valence-corrected chi connectivity index (χ1v) is 8.18. The van der Waals surface area contributed by atoms with E-state index in [0.717, 1.165) is 24.8 Å². The van der Waals surface area contributed by atoms with E-state index >= 15 is 0 Å². The van der Waals surface area contributed by atoms with Gasteiger partial charge in [0, 0.05) is 24.6 Å². The lowest BCUT2D eigenvalue weighted by atomic mass is 10.1. The first kappa shape index (κ1) is 20.3. The third-order valence-corrected chi connectivity index (χ3v) is 3.43. The van der Waals surface area contributed by atoms with Crippen molar-refractivity contribution in [2.24, 2.45) is 5.73 Å². The summed E-state index contributed by atoms with van der Waals surface area (Å²) in [5.74, 6) is -0.826. The van der Waals surface area contributed by atoms with Crippen LogP contribution in [-0.4, -0.2) is 35.9 Å². The Bertz CT molecular complexity index is 651. The molecular weight excluding hydrogens is 320 g/mol. The van der Waals surface area contributed by atoms with Crippen molar-refractivity contribution in [3.8, 4) is 0 Å². The number of aliphatic hydroxyl groups is 1. The topological polar surface area (TPSA) is 109 Å². The van der Waals surface area contributed by atoms with Crippen LogP contribution in [0.3, 0.4) is 0 Å². The zero-order valence-electron chi connectivity index (χ0n) is 14.1. The number of hydrogen-bond donors (Lipinski definition) is 3. The van der Waals surface area contributed by atoms with Gasteiger partial charge in [-0.15, -0.1) is 0 Å². The molecule has 6 heteroatoms. The van der Waals surface area contributed by atoms with Crippen LogP contribution in [0.5, 0.6) is 0 Å². The fourth-order valence-electron chi connectivity index (χ4n) is 2.08. The Morgan fingerprint density at radius 2 is 1.92 bits per heavy atom. The molecular formula is C19H24N2O4. The number of aliphatic hydroxyl groups excluding tert-OH is 1. The van der Waals surface area contributed by atoms with E-state index in [1.807, 2.05) is 6.07 Å². The van der Waals surface area contributed by atoms with Gasteiger partial charge in [0.1, 0.15) is 6.61 Å². The Hall–Kier alpha value is -2.73. The van der Waals surface area contributed by atoms with Gasteiger partial charge in [-0.05, 0) is 30.5 Å². The maximum Gasteiger partial charge on any atom is 0.248 e. The normalized spacial score (nSPS) is 11.1. The number of nitrogens with one attached hydrogen (secondary N) is 1. The maximum absolute atomic E-state index is 11.6. The molecule has 4 N–H and O–H groups in total. The molecule has 6 nitrogen and oxygen atoms in total. The third kappa shape index (κ3) is 9.22. The number of primary amides is 1. The van der Waals surface area contributed by atoms with Gasteiger partial charge in [0.15, 0.2) is 5.78 Å². The predicted molar refractivity (Wildman–Crippen MR) is 96.7 cm³/mol. The van der Waals surface area contributed by atoms with Crippen molar-refractivity contribution >= 4 is 23.7 Å². The van der Waals surface area contributed by atoms with Crippen LogP contribution in [0.2, 0.25) is 0 Å². The predicted octanol–water partition coefficient (Wildman–Crippen LogP) is 1.59. The lowest BCUT2D eigenvalue weighted by molar-refractivity contribution is -0.122. The monoisotopic (exact) mass is 344 g/mol. The van der Waals surface area contributed by atoms with Crippen LogP contribution in [0.4, 0.5) is 0 Å². The van der Waals surface area contributed by atoms with Gasteiger partial charge in [-0.2, -0.15) is 0 Å². The molecule has 0 heterocycles. The Labute approximate surface area is 147 Å². The number of hydrogen-bond acceptors (Lipinski definition) is 4. The molecule has 0 atom stereocenters. The molecule has 0 saturated carbocycles. The summed E-state index contributed by atoms with van der Waals surface area (Å²) in [6.07, 6.45) is 9.23. The number of carbonyl (C=O) groups excluding carboxylic acids is 3. The van der Waals surface area contributed by atoms with Crippen molar-refractivity contribution in [3.63, 3.8) is 0 Å². The number of ketones is 1. The average Bonchev–Trinajstić information content (AvgIpc) is 2.61. The molecule has 0 aromatic heterocycles. The minimum absolute atomic E-state index is 0.153. The largest absolute Gasteiger partial charge is 0.389 e. The van der Waals surface area contributed by atoms with E-state index in [4.69, 9.17) is 10.8 Å². The summed E-state index contributed by atoms with van der Waals surface area (Å²) in [6, 6.07) is 6.89. The van der Waals surface area contributed by atoms with E-state index in [1.54, 1.807) is 36.4 Å². The summed E-state index contributed by atoms with van der Waals surface area (Å²) in [4.78, 5) is 33.6. The number of allylic oxidation sites excluding steroid dienone is 2. The number of unbranched alkanes of at least 4 members (excludes halogenated alkanes) is 2. The lowest BCUT2D eigenvalue weighted by Gasteiger charge is -2.01. The zero-order chi connectivity index (χ0) is 18.5. The summed E-state index contributed by atoms with van der Waals surface area (Å²) in [5, 5.41) is 11.3. The van der Waals surface area contributed by atoms with Crippen LogP contribution < -0.4 is 11.1 Å². The summed E-state index contributed by atoms with van der Waals surface area (Å²) in [5.41, 5.74) is 6.47. The third-order valence-electron chi connectivity index (χ3n) is 3.43. The Morgan fingerprint density at radius 1 is 1.12 bits per heavy atom. The zero-order valence-corrected chi connectivity index (χ0v) is 14.1. The Morgan fingerprint density at radius 3 is 2.64 bits per heavy atom. The smallest absolute Gasteiger partial charge is 0.248 e. The molecule has 0 radical (unpaired) electrons. The number of benzene rings is 1. The van der Waals surface area contributed by atoms with Gasteiger partial charge in [-0.3, -0.25) is 14.4 Å². The van der Waals surface area contributed by atoms with E-state index in [9.17, 15) is 14.4 Å².